The second-order valence-corrected chi connectivity index (χ2v) is 5.74. The number of hydrogen-bond donors (Lipinski definition) is 0. The normalized spacial score (nSPS) is 25.9. The molecule has 0 spiro atoms. The highest BCUT2D eigenvalue weighted by molar-refractivity contribution is 7.80. The van der Waals surface area contributed by atoms with Crippen LogP contribution in [0.15, 0.2) is 16.3 Å². The van der Waals surface area contributed by atoms with Gasteiger partial charge in [-0.2, -0.15) is 10.2 Å². The molecule has 2 aliphatic heterocycles. The SMILES string of the molecule is Cc1cc(CC2N=NC(=S)N2CC2CCCO2)n(C)n1. The molecule has 1 fully saturated rings. The Morgan fingerprint density at radius 1 is 1.50 bits per heavy atom. The summed E-state index contributed by atoms with van der Waals surface area (Å²) in [5.41, 5.74) is 2.17. The number of hydrogen-bond acceptors (Lipinski definition) is 4. The second-order valence-electron chi connectivity index (χ2n) is 5.37. The van der Waals surface area contributed by atoms with Gasteiger partial charge in [-0.05, 0) is 38.0 Å². The summed E-state index contributed by atoms with van der Waals surface area (Å²) >= 11 is 5.29. The smallest absolute Gasteiger partial charge is 0.217 e. The van der Waals surface area contributed by atoms with Gasteiger partial charge in [-0.1, -0.05) is 0 Å². The molecule has 0 aliphatic carbocycles. The van der Waals surface area contributed by atoms with E-state index in [9.17, 15) is 0 Å². The fourth-order valence-corrected chi connectivity index (χ4v) is 3.01. The average Bonchev–Trinajstić information content (AvgIpc) is 3.08. The van der Waals surface area contributed by atoms with E-state index in [1.165, 1.54) is 0 Å². The molecule has 0 bridgehead atoms. The largest absolute Gasteiger partial charge is 0.376 e. The van der Waals surface area contributed by atoms with Crippen molar-refractivity contribution in [2.24, 2.45) is 17.3 Å². The van der Waals surface area contributed by atoms with Crippen molar-refractivity contribution in [2.45, 2.75) is 38.5 Å². The summed E-state index contributed by atoms with van der Waals surface area (Å²) in [6.45, 7) is 3.63. The fourth-order valence-electron chi connectivity index (χ4n) is 2.76. The maximum absolute atomic E-state index is 5.69. The van der Waals surface area contributed by atoms with E-state index in [4.69, 9.17) is 17.0 Å². The van der Waals surface area contributed by atoms with Crippen molar-refractivity contribution in [3.8, 4) is 0 Å². The highest BCUT2D eigenvalue weighted by atomic mass is 32.1. The van der Waals surface area contributed by atoms with Crippen LogP contribution in [-0.4, -0.2) is 45.2 Å². The number of azo groups is 1. The van der Waals surface area contributed by atoms with Crippen LogP contribution in [0.1, 0.15) is 24.2 Å². The van der Waals surface area contributed by atoms with Crippen molar-refractivity contribution in [3.05, 3.63) is 17.5 Å². The van der Waals surface area contributed by atoms with Gasteiger partial charge in [0.05, 0.1) is 11.8 Å². The fraction of sp³-hybridized carbons (Fsp3) is 0.692. The van der Waals surface area contributed by atoms with E-state index in [1.54, 1.807) is 0 Å². The Morgan fingerprint density at radius 3 is 3.00 bits per heavy atom. The van der Waals surface area contributed by atoms with Gasteiger partial charge in [0, 0.05) is 32.3 Å². The van der Waals surface area contributed by atoms with Gasteiger partial charge in [0.15, 0.2) is 0 Å². The highest BCUT2D eigenvalue weighted by Gasteiger charge is 2.31. The predicted octanol–water partition coefficient (Wildman–Crippen LogP) is 1.83. The zero-order valence-electron chi connectivity index (χ0n) is 11.8. The standard InChI is InChI=1S/C13H19N5OS/c1-9-6-10(17(2)16-9)7-12-14-15-13(20)18(12)8-11-4-3-5-19-11/h6,11-12H,3-5,7-8H2,1-2H3. The van der Waals surface area contributed by atoms with Crippen molar-refractivity contribution in [2.75, 3.05) is 13.2 Å². The Bertz CT molecular complexity index is 535. The zero-order chi connectivity index (χ0) is 14.1. The molecule has 3 rings (SSSR count). The molecule has 1 aromatic rings. The van der Waals surface area contributed by atoms with Crippen LogP contribution in [-0.2, 0) is 18.2 Å². The van der Waals surface area contributed by atoms with Gasteiger partial charge >= 0.3 is 0 Å². The number of rotatable bonds is 4. The minimum atomic E-state index is -0.0264. The van der Waals surface area contributed by atoms with Crippen molar-refractivity contribution < 1.29 is 4.74 Å². The minimum absolute atomic E-state index is 0.0264. The van der Waals surface area contributed by atoms with Crippen molar-refractivity contribution >= 4 is 17.3 Å². The lowest BCUT2D eigenvalue weighted by Crippen LogP contribution is -2.40. The number of aryl methyl sites for hydroxylation is 2. The van der Waals surface area contributed by atoms with E-state index in [-0.39, 0.29) is 12.3 Å². The summed E-state index contributed by atoms with van der Waals surface area (Å²) < 4.78 is 7.59. The topological polar surface area (TPSA) is 55.0 Å². The summed E-state index contributed by atoms with van der Waals surface area (Å²) in [6, 6.07) is 2.08. The molecular formula is C13H19N5OS. The van der Waals surface area contributed by atoms with Crippen LogP contribution in [0.3, 0.4) is 0 Å². The van der Waals surface area contributed by atoms with Crippen LogP contribution in [0.2, 0.25) is 0 Å². The first-order valence-corrected chi connectivity index (χ1v) is 7.37. The van der Waals surface area contributed by atoms with E-state index < -0.39 is 0 Å². The number of nitrogens with zero attached hydrogens (tertiary/aromatic N) is 5. The molecule has 0 radical (unpaired) electrons. The molecule has 7 heteroatoms. The minimum Gasteiger partial charge on any atom is -0.376 e. The first-order chi connectivity index (χ1) is 9.63. The van der Waals surface area contributed by atoms with Gasteiger partial charge in [-0.25, -0.2) is 0 Å². The van der Waals surface area contributed by atoms with Crippen LogP contribution in [0.25, 0.3) is 0 Å². The molecule has 2 aliphatic rings. The summed E-state index contributed by atoms with van der Waals surface area (Å²) in [6.07, 6.45) is 3.23. The molecular weight excluding hydrogens is 274 g/mol. The molecule has 0 aromatic carbocycles. The zero-order valence-corrected chi connectivity index (χ0v) is 12.6. The summed E-state index contributed by atoms with van der Waals surface area (Å²) in [5.74, 6) is 0. The van der Waals surface area contributed by atoms with Gasteiger partial charge in [-0.15, -0.1) is 5.11 Å². The molecule has 0 amide bonds. The van der Waals surface area contributed by atoms with Crippen molar-refractivity contribution in [1.82, 2.24) is 14.7 Å². The molecule has 2 unspecified atom stereocenters. The van der Waals surface area contributed by atoms with E-state index in [0.717, 1.165) is 43.8 Å². The number of aromatic nitrogens is 2. The Labute approximate surface area is 123 Å². The molecule has 2 atom stereocenters. The second kappa shape index (κ2) is 5.57. The lowest BCUT2D eigenvalue weighted by Gasteiger charge is -2.25. The third-order valence-corrected chi connectivity index (χ3v) is 4.11. The average molecular weight is 293 g/mol. The molecule has 0 N–H and O–H groups in total. The third-order valence-electron chi connectivity index (χ3n) is 3.80. The third kappa shape index (κ3) is 2.73. The molecule has 108 valence electrons. The van der Waals surface area contributed by atoms with Crippen LogP contribution in [0.4, 0.5) is 0 Å². The maximum atomic E-state index is 5.69. The van der Waals surface area contributed by atoms with E-state index >= 15 is 0 Å². The predicted molar refractivity (Wildman–Crippen MR) is 78.6 cm³/mol. The molecule has 1 aromatic heterocycles. The van der Waals surface area contributed by atoms with Crippen LogP contribution in [0, 0.1) is 6.92 Å². The Kier molecular flexibility index (Phi) is 3.80. The Morgan fingerprint density at radius 2 is 2.35 bits per heavy atom. The first kappa shape index (κ1) is 13.6. The molecule has 20 heavy (non-hydrogen) atoms. The number of ether oxygens (including phenoxy) is 1. The monoisotopic (exact) mass is 293 g/mol. The quantitative estimate of drug-likeness (QED) is 0.795. The van der Waals surface area contributed by atoms with Crippen molar-refractivity contribution in [3.63, 3.8) is 0 Å². The highest BCUT2D eigenvalue weighted by Crippen LogP contribution is 2.22. The van der Waals surface area contributed by atoms with E-state index in [0.29, 0.717) is 5.11 Å². The summed E-state index contributed by atoms with van der Waals surface area (Å²) in [5, 5.41) is 13.3. The maximum Gasteiger partial charge on any atom is 0.217 e. The Balaban J connectivity index is 1.69. The van der Waals surface area contributed by atoms with Crippen LogP contribution >= 0.6 is 12.2 Å². The van der Waals surface area contributed by atoms with Gasteiger partial charge < -0.3 is 9.64 Å². The van der Waals surface area contributed by atoms with Gasteiger partial charge in [0.2, 0.25) is 5.11 Å². The van der Waals surface area contributed by atoms with E-state index in [2.05, 4.69) is 26.3 Å². The molecule has 1 saturated heterocycles. The molecule has 6 nitrogen and oxygen atoms in total. The van der Waals surface area contributed by atoms with Gasteiger partial charge in [0.25, 0.3) is 0 Å². The Hall–Kier alpha value is -1.34. The lowest BCUT2D eigenvalue weighted by molar-refractivity contribution is 0.0853. The summed E-state index contributed by atoms with van der Waals surface area (Å²) in [7, 11) is 1.96. The van der Waals surface area contributed by atoms with Crippen LogP contribution < -0.4 is 0 Å². The van der Waals surface area contributed by atoms with Gasteiger partial charge in [0.1, 0.15) is 6.17 Å². The lowest BCUT2D eigenvalue weighted by atomic mass is 10.2. The van der Waals surface area contributed by atoms with Gasteiger partial charge in [-0.3, -0.25) is 4.68 Å². The first-order valence-electron chi connectivity index (χ1n) is 6.96. The van der Waals surface area contributed by atoms with Crippen LogP contribution in [0.5, 0.6) is 0 Å². The van der Waals surface area contributed by atoms with Crippen molar-refractivity contribution in [1.29, 1.82) is 0 Å². The number of thiocarbonyl (C=S) groups is 1. The van der Waals surface area contributed by atoms with E-state index in [1.807, 2.05) is 18.7 Å². The molecule has 0 saturated carbocycles. The summed E-state index contributed by atoms with van der Waals surface area (Å²) in [4.78, 5) is 2.08. The molecule has 3 heterocycles.